The Kier molecular flexibility index (Phi) is 5.78. The summed E-state index contributed by atoms with van der Waals surface area (Å²) in [4.78, 5) is 25.4. The molecule has 114 valence electrons. The first-order chi connectivity index (χ1) is 10.2. The second-order valence-electron chi connectivity index (χ2n) is 5.58. The molecule has 0 atom stereocenters. The van der Waals surface area contributed by atoms with E-state index in [1.165, 1.54) is 0 Å². The number of hydrogen-bond donors (Lipinski definition) is 1. The Balaban J connectivity index is 1.83. The molecule has 1 N–H and O–H groups in total. The summed E-state index contributed by atoms with van der Waals surface area (Å²) >= 11 is 0. The highest BCUT2D eigenvalue weighted by molar-refractivity contribution is 5.94. The average molecular weight is 288 g/mol. The summed E-state index contributed by atoms with van der Waals surface area (Å²) < 4.78 is 0. The van der Waals surface area contributed by atoms with Crippen molar-refractivity contribution in [2.75, 3.05) is 13.1 Å². The Morgan fingerprint density at radius 3 is 2.62 bits per heavy atom. The molecule has 1 aliphatic heterocycles. The fraction of sp³-hybridized carbons (Fsp3) is 0.529. The molecule has 4 heteroatoms. The van der Waals surface area contributed by atoms with E-state index < -0.39 is 0 Å². The van der Waals surface area contributed by atoms with Gasteiger partial charge in [0.15, 0.2) is 0 Å². The number of nitrogens with zero attached hydrogens (tertiary/aromatic N) is 1. The Labute approximate surface area is 126 Å². The molecule has 0 saturated carbocycles. The van der Waals surface area contributed by atoms with E-state index in [-0.39, 0.29) is 11.8 Å². The molecular formula is C17H24N2O2. The number of nitrogens with one attached hydrogen (secondary N) is 1. The van der Waals surface area contributed by atoms with Crippen LogP contribution in [0.1, 0.15) is 54.9 Å². The third-order valence-electron chi connectivity index (χ3n) is 3.83. The molecular weight excluding hydrogens is 264 g/mol. The Morgan fingerprint density at radius 2 is 2.00 bits per heavy atom. The van der Waals surface area contributed by atoms with Crippen LogP contribution in [-0.2, 0) is 11.3 Å². The topological polar surface area (TPSA) is 49.4 Å². The number of likely N-dealkylation sites (tertiary alicyclic amines) is 1. The standard InChI is InChI=1S/C17H24N2O2/c1-2-3-4-11-18-17(21)15-9-7-14(8-10-15)13-19-12-5-6-16(19)20/h7-10H,2-6,11-13H2,1H3,(H,18,21). The minimum Gasteiger partial charge on any atom is -0.352 e. The molecule has 2 amide bonds. The summed E-state index contributed by atoms with van der Waals surface area (Å²) in [5.41, 5.74) is 1.76. The summed E-state index contributed by atoms with van der Waals surface area (Å²) in [5.74, 6) is 0.211. The molecule has 1 aromatic rings. The van der Waals surface area contributed by atoms with Crippen LogP contribution in [0.5, 0.6) is 0 Å². The van der Waals surface area contributed by atoms with Crippen molar-refractivity contribution in [2.45, 2.75) is 45.6 Å². The molecule has 0 aliphatic carbocycles. The molecule has 0 bridgehead atoms. The highest BCUT2D eigenvalue weighted by atomic mass is 16.2. The van der Waals surface area contributed by atoms with Crippen LogP contribution in [0.15, 0.2) is 24.3 Å². The van der Waals surface area contributed by atoms with Gasteiger partial charge in [-0.2, -0.15) is 0 Å². The molecule has 21 heavy (non-hydrogen) atoms. The third-order valence-corrected chi connectivity index (χ3v) is 3.83. The lowest BCUT2D eigenvalue weighted by atomic mass is 10.1. The first-order valence-electron chi connectivity index (χ1n) is 7.85. The molecule has 1 saturated heterocycles. The van der Waals surface area contributed by atoms with Crippen LogP contribution in [-0.4, -0.2) is 29.8 Å². The summed E-state index contributed by atoms with van der Waals surface area (Å²) in [6.07, 6.45) is 4.94. The van der Waals surface area contributed by atoms with Gasteiger partial charge in [-0.15, -0.1) is 0 Å². The van der Waals surface area contributed by atoms with E-state index in [2.05, 4.69) is 12.2 Å². The van der Waals surface area contributed by atoms with E-state index in [1.807, 2.05) is 29.2 Å². The maximum absolute atomic E-state index is 11.9. The first-order valence-corrected chi connectivity index (χ1v) is 7.85. The number of rotatable bonds is 7. The molecule has 1 fully saturated rings. The molecule has 1 aliphatic rings. The highest BCUT2D eigenvalue weighted by Gasteiger charge is 2.19. The maximum atomic E-state index is 11.9. The summed E-state index contributed by atoms with van der Waals surface area (Å²) in [5, 5.41) is 2.93. The van der Waals surface area contributed by atoms with Gasteiger partial charge in [0.05, 0.1) is 0 Å². The lowest BCUT2D eigenvalue weighted by molar-refractivity contribution is -0.128. The number of unbranched alkanes of at least 4 members (excludes halogenated alkanes) is 2. The third kappa shape index (κ3) is 4.59. The van der Waals surface area contributed by atoms with Gasteiger partial charge >= 0.3 is 0 Å². The zero-order valence-corrected chi connectivity index (χ0v) is 12.7. The van der Waals surface area contributed by atoms with Crippen LogP contribution < -0.4 is 5.32 Å². The molecule has 1 aromatic carbocycles. The van der Waals surface area contributed by atoms with E-state index in [4.69, 9.17) is 0 Å². The molecule has 2 rings (SSSR count). The monoisotopic (exact) mass is 288 g/mol. The van der Waals surface area contributed by atoms with E-state index in [0.717, 1.165) is 44.3 Å². The van der Waals surface area contributed by atoms with Gasteiger partial charge in [-0.1, -0.05) is 31.9 Å². The molecule has 0 spiro atoms. The summed E-state index contributed by atoms with van der Waals surface area (Å²) in [7, 11) is 0. The van der Waals surface area contributed by atoms with Gasteiger partial charge in [0.1, 0.15) is 0 Å². The van der Waals surface area contributed by atoms with Crippen LogP contribution >= 0.6 is 0 Å². The molecule has 4 nitrogen and oxygen atoms in total. The molecule has 0 aromatic heterocycles. The summed E-state index contributed by atoms with van der Waals surface area (Å²) in [6, 6.07) is 7.55. The van der Waals surface area contributed by atoms with Gasteiger partial charge in [0, 0.05) is 31.6 Å². The Bertz CT molecular complexity index is 482. The highest BCUT2D eigenvalue weighted by Crippen LogP contribution is 2.14. The lowest BCUT2D eigenvalue weighted by Crippen LogP contribution is -2.25. The van der Waals surface area contributed by atoms with E-state index in [0.29, 0.717) is 18.5 Å². The first kappa shape index (κ1) is 15.5. The van der Waals surface area contributed by atoms with E-state index >= 15 is 0 Å². The van der Waals surface area contributed by atoms with Gasteiger partial charge < -0.3 is 10.2 Å². The van der Waals surface area contributed by atoms with Gasteiger partial charge in [0.2, 0.25) is 5.91 Å². The molecule has 1 heterocycles. The van der Waals surface area contributed by atoms with Crippen molar-refractivity contribution in [2.24, 2.45) is 0 Å². The predicted octanol–water partition coefficient (Wildman–Crippen LogP) is 2.73. The minimum absolute atomic E-state index is 0.0186. The van der Waals surface area contributed by atoms with Crippen molar-refractivity contribution < 1.29 is 9.59 Å². The smallest absolute Gasteiger partial charge is 0.251 e. The largest absolute Gasteiger partial charge is 0.352 e. The van der Waals surface area contributed by atoms with Crippen LogP contribution in [0.25, 0.3) is 0 Å². The van der Waals surface area contributed by atoms with Gasteiger partial charge in [-0.25, -0.2) is 0 Å². The zero-order valence-electron chi connectivity index (χ0n) is 12.7. The predicted molar refractivity (Wildman–Crippen MR) is 83.0 cm³/mol. The van der Waals surface area contributed by atoms with Gasteiger partial charge in [-0.05, 0) is 30.5 Å². The van der Waals surface area contributed by atoms with Crippen molar-refractivity contribution in [1.82, 2.24) is 10.2 Å². The van der Waals surface area contributed by atoms with Crippen molar-refractivity contribution >= 4 is 11.8 Å². The average Bonchev–Trinajstić information content (AvgIpc) is 2.89. The summed E-state index contributed by atoms with van der Waals surface area (Å²) in [6.45, 7) is 4.37. The fourth-order valence-electron chi connectivity index (χ4n) is 2.53. The van der Waals surface area contributed by atoms with Crippen LogP contribution in [0.4, 0.5) is 0 Å². The van der Waals surface area contributed by atoms with Gasteiger partial charge in [0.25, 0.3) is 5.91 Å². The second kappa shape index (κ2) is 7.81. The quantitative estimate of drug-likeness (QED) is 0.784. The normalized spacial score (nSPS) is 14.5. The number of carbonyl (C=O) groups is 2. The van der Waals surface area contributed by atoms with Crippen molar-refractivity contribution in [3.8, 4) is 0 Å². The van der Waals surface area contributed by atoms with E-state index in [1.54, 1.807) is 0 Å². The zero-order chi connectivity index (χ0) is 15.1. The minimum atomic E-state index is -0.0186. The van der Waals surface area contributed by atoms with Crippen LogP contribution in [0.3, 0.4) is 0 Å². The SMILES string of the molecule is CCCCCNC(=O)c1ccc(CN2CCCC2=O)cc1. The van der Waals surface area contributed by atoms with Crippen molar-refractivity contribution in [1.29, 1.82) is 0 Å². The van der Waals surface area contributed by atoms with Crippen LogP contribution in [0.2, 0.25) is 0 Å². The number of benzene rings is 1. The molecule has 0 unspecified atom stereocenters. The number of hydrogen-bond acceptors (Lipinski definition) is 2. The molecule has 0 radical (unpaired) electrons. The number of amides is 2. The lowest BCUT2D eigenvalue weighted by Gasteiger charge is -2.15. The van der Waals surface area contributed by atoms with Crippen LogP contribution in [0, 0.1) is 0 Å². The second-order valence-corrected chi connectivity index (χ2v) is 5.58. The van der Waals surface area contributed by atoms with Crippen molar-refractivity contribution in [3.63, 3.8) is 0 Å². The maximum Gasteiger partial charge on any atom is 0.251 e. The van der Waals surface area contributed by atoms with Crippen molar-refractivity contribution in [3.05, 3.63) is 35.4 Å². The Morgan fingerprint density at radius 1 is 1.24 bits per heavy atom. The Hall–Kier alpha value is -1.84. The number of carbonyl (C=O) groups excluding carboxylic acids is 2. The fourth-order valence-corrected chi connectivity index (χ4v) is 2.53. The van der Waals surface area contributed by atoms with E-state index in [9.17, 15) is 9.59 Å². The van der Waals surface area contributed by atoms with Gasteiger partial charge in [-0.3, -0.25) is 9.59 Å².